The third kappa shape index (κ3) is 4.81. The highest BCUT2D eigenvalue weighted by Gasteiger charge is 2.10. The molecule has 0 aliphatic carbocycles. The molecule has 4 N–H and O–H groups in total. The van der Waals surface area contributed by atoms with Crippen molar-refractivity contribution in [3.05, 3.63) is 35.1 Å². The van der Waals surface area contributed by atoms with Crippen molar-refractivity contribution in [2.75, 3.05) is 0 Å². The van der Waals surface area contributed by atoms with Gasteiger partial charge in [-0.05, 0) is 25.3 Å². The quantitative estimate of drug-likeness (QED) is 0.311. The van der Waals surface area contributed by atoms with E-state index in [9.17, 15) is 4.39 Å². The molecule has 0 fully saturated rings. The first kappa shape index (κ1) is 16.4. The zero-order valence-electron chi connectivity index (χ0n) is 12.4. The van der Waals surface area contributed by atoms with Gasteiger partial charge in [0.2, 0.25) is 0 Å². The molecule has 1 aromatic rings. The monoisotopic (exact) mass is 281 g/mol. The first-order valence-electron chi connectivity index (χ1n) is 6.97. The van der Waals surface area contributed by atoms with E-state index in [0.717, 1.165) is 12.8 Å². The van der Waals surface area contributed by atoms with Crippen molar-refractivity contribution in [2.45, 2.75) is 46.2 Å². The van der Waals surface area contributed by atoms with Crippen LogP contribution in [0.25, 0.3) is 0 Å². The summed E-state index contributed by atoms with van der Waals surface area (Å²) in [6.45, 7) is 6.96. The number of rotatable bonds is 7. The Morgan fingerprint density at radius 3 is 2.70 bits per heavy atom. The molecule has 2 unspecified atom stereocenters. The number of amidine groups is 1. The SMILES string of the molecule is CCC(C)CC(C)NCc1ccc(C(N)=NO)cc1F. The van der Waals surface area contributed by atoms with Crippen molar-refractivity contribution < 1.29 is 9.60 Å². The summed E-state index contributed by atoms with van der Waals surface area (Å²) in [7, 11) is 0. The number of hydrogen-bond donors (Lipinski definition) is 3. The lowest BCUT2D eigenvalue weighted by molar-refractivity contribution is 0.318. The molecule has 1 aromatic carbocycles. The zero-order valence-corrected chi connectivity index (χ0v) is 12.4. The smallest absolute Gasteiger partial charge is 0.170 e. The molecule has 0 aliphatic heterocycles. The van der Waals surface area contributed by atoms with Crippen LogP contribution in [0.3, 0.4) is 0 Å². The fourth-order valence-electron chi connectivity index (χ4n) is 2.05. The summed E-state index contributed by atoms with van der Waals surface area (Å²) in [5.74, 6) is 0.219. The van der Waals surface area contributed by atoms with Crippen LogP contribution < -0.4 is 11.1 Å². The molecule has 112 valence electrons. The Hall–Kier alpha value is -1.62. The van der Waals surface area contributed by atoms with Gasteiger partial charge < -0.3 is 16.3 Å². The maximum atomic E-state index is 13.9. The van der Waals surface area contributed by atoms with E-state index in [1.807, 2.05) is 0 Å². The number of nitrogens with one attached hydrogen (secondary N) is 1. The Kier molecular flexibility index (Phi) is 6.45. The Morgan fingerprint density at radius 1 is 1.45 bits per heavy atom. The topological polar surface area (TPSA) is 70.6 Å². The van der Waals surface area contributed by atoms with Crippen molar-refractivity contribution in [1.82, 2.24) is 5.32 Å². The Bertz CT molecular complexity index is 462. The first-order chi connectivity index (χ1) is 9.47. The van der Waals surface area contributed by atoms with Crippen molar-refractivity contribution in [3.8, 4) is 0 Å². The molecule has 0 amide bonds. The van der Waals surface area contributed by atoms with Gasteiger partial charge in [-0.3, -0.25) is 0 Å². The molecule has 0 heterocycles. The van der Waals surface area contributed by atoms with E-state index in [2.05, 4.69) is 31.2 Å². The number of halogens is 1. The molecule has 0 radical (unpaired) electrons. The van der Waals surface area contributed by atoms with Gasteiger partial charge in [0.15, 0.2) is 5.84 Å². The summed E-state index contributed by atoms with van der Waals surface area (Å²) < 4.78 is 13.9. The molecular formula is C15H24FN3O. The van der Waals surface area contributed by atoms with Gasteiger partial charge in [-0.25, -0.2) is 4.39 Å². The molecule has 0 aromatic heterocycles. The molecule has 20 heavy (non-hydrogen) atoms. The maximum absolute atomic E-state index is 13.9. The molecule has 0 bridgehead atoms. The third-order valence-corrected chi connectivity index (χ3v) is 3.55. The normalized spacial score (nSPS) is 15.1. The molecule has 1 rings (SSSR count). The minimum absolute atomic E-state index is 0.0893. The van der Waals surface area contributed by atoms with Crippen molar-refractivity contribution in [1.29, 1.82) is 0 Å². The van der Waals surface area contributed by atoms with Crippen LogP contribution in [-0.4, -0.2) is 17.1 Å². The summed E-state index contributed by atoms with van der Waals surface area (Å²) in [6, 6.07) is 4.93. The number of oxime groups is 1. The predicted octanol–water partition coefficient (Wildman–Crippen LogP) is 2.83. The number of nitrogens with zero attached hydrogens (tertiary/aromatic N) is 1. The zero-order chi connectivity index (χ0) is 15.1. The Labute approximate surface area is 119 Å². The summed E-state index contributed by atoms with van der Waals surface area (Å²) in [5, 5.41) is 14.7. The molecule has 5 heteroatoms. The lowest BCUT2D eigenvalue weighted by Gasteiger charge is -2.18. The second-order valence-electron chi connectivity index (χ2n) is 5.32. The lowest BCUT2D eigenvalue weighted by atomic mass is 10.00. The predicted molar refractivity (Wildman–Crippen MR) is 79.3 cm³/mol. The van der Waals surface area contributed by atoms with E-state index in [1.165, 1.54) is 6.07 Å². The van der Waals surface area contributed by atoms with Crippen LogP contribution in [0.4, 0.5) is 4.39 Å². The van der Waals surface area contributed by atoms with Crippen LogP contribution in [0.5, 0.6) is 0 Å². The standard InChI is InChI=1S/C15H24FN3O/c1-4-10(2)7-11(3)18-9-13-6-5-12(8-14(13)16)15(17)19-20/h5-6,8,10-11,18,20H,4,7,9H2,1-3H3,(H2,17,19). The summed E-state index contributed by atoms with van der Waals surface area (Å²) >= 11 is 0. The minimum Gasteiger partial charge on any atom is -0.409 e. The maximum Gasteiger partial charge on any atom is 0.170 e. The summed E-state index contributed by atoms with van der Waals surface area (Å²) in [5.41, 5.74) is 6.38. The van der Waals surface area contributed by atoms with Gasteiger partial charge in [0.1, 0.15) is 5.82 Å². The minimum atomic E-state index is -0.350. The van der Waals surface area contributed by atoms with Crippen LogP contribution in [0.15, 0.2) is 23.4 Å². The first-order valence-corrected chi connectivity index (χ1v) is 6.97. The third-order valence-electron chi connectivity index (χ3n) is 3.55. The van der Waals surface area contributed by atoms with Crippen LogP contribution in [0.2, 0.25) is 0 Å². The van der Waals surface area contributed by atoms with E-state index in [0.29, 0.717) is 29.6 Å². The average Bonchev–Trinajstić information content (AvgIpc) is 2.44. The average molecular weight is 281 g/mol. The van der Waals surface area contributed by atoms with Gasteiger partial charge in [0.05, 0.1) is 0 Å². The second kappa shape index (κ2) is 7.85. The van der Waals surface area contributed by atoms with Gasteiger partial charge in [-0.1, -0.05) is 37.6 Å². The molecule has 2 atom stereocenters. The van der Waals surface area contributed by atoms with Gasteiger partial charge in [0, 0.05) is 23.7 Å². The van der Waals surface area contributed by atoms with Crippen LogP contribution in [0, 0.1) is 11.7 Å². The Morgan fingerprint density at radius 2 is 2.15 bits per heavy atom. The fourth-order valence-corrected chi connectivity index (χ4v) is 2.05. The van der Waals surface area contributed by atoms with E-state index < -0.39 is 0 Å². The highest BCUT2D eigenvalue weighted by molar-refractivity contribution is 5.97. The second-order valence-corrected chi connectivity index (χ2v) is 5.32. The molecule has 0 saturated carbocycles. The molecule has 0 spiro atoms. The molecular weight excluding hydrogens is 257 g/mol. The highest BCUT2D eigenvalue weighted by atomic mass is 19.1. The Balaban J connectivity index is 2.61. The number of benzene rings is 1. The van der Waals surface area contributed by atoms with Gasteiger partial charge >= 0.3 is 0 Å². The van der Waals surface area contributed by atoms with Crippen LogP contribution in [0.1, 0.15) is 44.7 Å². The number of nitrogens with two attached hydrogens (primary N) is 1. The summed E-state index contributed by atoms with van der Waals surface area (Å²) in [6.07, 6.45) is 2.22. The van der Waals surface area contributed by atoms with E-state index in [1.54, 1.807) is 12.1 Å². The van der Waals surface area contributed by atoms with Crippen LogP contribution >= 0.6 is 0 Å². The van der Waals surface area contributed by atoms with Gasteiger partial charge in [0.25, 0.3) is 0 Å². The molecule has 4 nitrogen and oxygen atoms in total. The number of hydrogen-bond acceptors (Lipinski definition) is 3. The van der Waals surface area contributed by atoms with Crippen molar-refractivity contribution in [3.63, 3.8) is 0 Å². The van der Waals surface area contributed by atoms with Gasteiger partial charge in [-0.2, -0.15) is 0 Å². The van der Waals surface area contributed by atoms with Crippen molar-refractivity contribution >= 4 is 5.84 Å². The summed E-state index contributed by atoms with van der Waals surface area (Å²) in [4.78, 5) is 0. The van der Waals surface area contributed by atoms with E-state index >= 15 is 0 Å². The van der Waals surface area contributed by atoms with E-state index in [4.69, 9.17) is 10.9 Å². The van der Waals surface area contributed by atoms with E-state index in [-0.39, 0.29) is 11.7 Å². The molecule has 0 aliphatic rings. The lowest BCUT2D eigenvalue weighted by Crippen LogP contribution is -2.27. The van der Waals surface area contributed by atoms with Crippen molar-refractivity contribution in [2.24, 2.45) is 16.8 Å². The fraction of sp³-hybridized carbons (Fsp3) is 0.533. The molecule has 0 saturated heterocycles. The highest BCUT2D eigenvalue weighted by Crippen LogP contribution is 2.13. The van der Waals surface area contributed by atoms with Gasteiger partial charge in [-0.15, -0.1) is 0 Å². The largest absolute Gasteiger partial charge is 0.409 e. The van der Waals surface area contributed by atoms with Crippen LogP contribution in [-0.2, 0) is 6.54 Å².